The number of hydrogen-bond donors (Lipinski definition) is 0. The van der Waals surface area contributed by atoms with Gasteiger partial charge in [-0.1, -0.05) is 12.1 Å². The predicted octanol–water partition coefficient (Wildman–Crippen LogP) is 3.26. The van der Waals surface area contributed by atoms with Crippen molar-refractivity contribution in [2.45, 2.75) is 38.0 Å². The molecule has 0 amide bonds. The zero-order valence-corrected chi connectivity index (χ0v) is 11.8. The van der Waals surface area contributed by atoms with Gasteiger partial charge in [-0.15, -0.1) is 0 Å². The van der Waals surface area contributed by atoms with Gasteiger partial charge in [0.15, 0.2) is 0 Å². The zero-order chi connectivity index (χ0) is 14.8. The lowest BCUT2D eigenvalue weighted by atomic mass is 9.67. The Bertz CT molecular complexity index is 554. The SMILES string of the molecule is COC(=O)C1CCC(C#N)(c2ccc(C)cc2F)CC1. The van der Waals surface area contributed by atoms with Gasteiger partial charge in [-0.2, -0.15) is 5.26 Å². The number of hydrogen-bond acceptors (Lipinski definition) is 3. The zero-order valence-electron chi connectivity index (χ0n) is 11.8. The van der Waals surface area contributed by atoms with Crippen molar-refractivity contribution in [3.63, 3.8) is 0 Å². The molecule has 0 unspecified atom stereocenters. The van der Waals surface area contributed by atoms with Gasteiger partial charge in [0.25, 0.3) is 0 Å². The van der Waals surface area contributed by atoms with E-state index >= 15 is 0 Å². The van der Waals surface area contributed by atoms with E-state index in [2.05, 4.69) is 6.07 Å². The van der Waals surface area contributed by atoms with E-state index < -0.39 is 5.41 Å². The number of carbonyl (C=O) groups excluding carboxylic acids is 1. The quantitative estimate of drug-likeness (QED) is 0.778. The third-order valence-corrected chi connectivity index (χ3v) is 4.23. The summed E-state index contributed by atoms with van der Waals surface area (Å²) in [6.45, 7) is 1.82. The van der Waals surface area contributed by atoms with Crippen LogP contribution in [0.25, 0.3) is 0 Å². The molecule has 4 heteroatoms. The van der Waals surface area contributed by atoms with Crippen molar-refractivity contribution in [3.8, 4) is 6.07 Å². The van der Waals surface area contributed by atoms with Crippen LogP contribution in [0.15, 0.2) is 18.2 Å². The molecule has 0 aromatic heterocycles. The summed E-state index contributed by atoms with van der Waals surface area (Å²) in [5.74, 6) is -0.737. The monoisotopic (exact) mass is 275 g/mol. The summed E-state index contributed by atoms with van der Waals surface area (Å²) in [5, 5.41) is 9.54. The Morgan fingerprint density at radius 1 is 1.45 bits per heavy atom. The van der Waals surface area contributed by atoms with Gasteiger partial charge in [-0.25, -0.2) is 4.39 Å². The Morgan fingerprint density at radius 3 is 2.60 bits per heavy atom. The Balaban J connectivity index is 2.25. The van der Waals surface area contributed by atoms with E-state index in [-0.39, 0.29) is 17.7 Å². The summed E-state index contributed by atoms with van der Waals surface area (Å²) >= 11 is 0. The van der Waals surface area contributed by atoms with Crippen LogP contribution >= 0.6 is 0 Å². The minimum absolute atomic E-state index is 0.171. The van der Waals surface area contributed by atoms with E-state index in [4.69, 9.17) is 4.74 Å². The molecular weight excluding hydrogens is 257 g/mol. The third kappa shape index (κ3) is 2.53. The molecular formula is C16H18FNO2. The normalized spacial score (nSPS) is 25.8. The molecule has 0 aliphatic heterocycles. The van der Waals surface area contributed by atoms with Crippen molar-refractivity contribution in [1.29, 1.82) is 5.26 Å². The maximum absolute atomic E-state index is 14.1. The average Bonchev–Trinajstić information content (AvgIpc) is 2.46. The number of halogens is 1. The smallest absolute Gasteiger partial charge is 0.308 e. The number of esters is 1. The number of rotatable bonds is 2. The van der Waals surface area contributed by atoms with Crippen LogP contribution in [-0.2, 0) is 14.9 Å². The molecule has 1 aliphatic rings. The number of nitrogens with zero attached hydrogens (tertiary/aromatic N) is 1. The average molecular weight is 275 g/mol. The second kappa shape index (κ2) is 5.62. The molecule has 1 aliphatic carbocycles. The predicted molar refractivity (Wildman–Crippen MR) is 72.4 cm³/mol. The highest BCUT2D eigenvalue weighted by atomic mass is 19.1. The first-order chi connectivity index (χ1) is 9.52. The molecule has 1 saturated carbocycles. The number of nitriles is 1. The van der Waals surface area contributed by atoms with Gasteiger partial charge >= 0.3 is 5.97 Å². The molecule has 0 spiro atoms. The summed E-state index contributed by atoms with van der Waals surface area (Å²) in [5.41, 5.74) is 0.471. The summed E-state index contributed by atoms with van der Waals surface area (Å²) in [7, 11) is 1.37. The van der Waals surface area contributed by atoms with Gasteiger partial charge in [0.1, 0.15) is 5.82 Å². The van der Waals surface area contributed by atoms with Gasteiger partial charge < -0.3 is 4.74 Å². The van der Waals surface area contributed by atoms with Crippen LogP contribution in [0.4, 0.5) is 4.39 Å². The number of carbonyl (C=O) groups is 1. The number of aryl methyl sites for hydroxylation is 1. The van der Waals surface area contributed by atoms with E-state index in [0.29, 0.717) is 31.2 Å². The first kappa shape index (κ1) is 14.5. The molecule has 20 heavy (non-hydrogen) atoms. The van der Waals surface area contributed by atoms with Crippen LogP contribution in [-0.4, -0.2) is 13.1 Å². The highest BCUT2D eigenvalue weighted by Gasteiger charge is 2.41. The minimum Gasteiger partial charge on any atom is -0.469 e. The largest absolute Gasteiger partial charge is 0.469 e. The van der Waals surface area contributed by atoms with Crippen LogP contribution in [0, 0.1) is 30.0 Å². The second-order valence-electron chi connectivity index (χ2n) is 5.47. The maximum atomic E-state index is 14.1. The Kier molecular flexibility index (Phi) is 4.08. The Morgan fingerprint density at radius 2 is 2.10 bits per heavy atom. The molecule has 0 radical (unpaired) electrons. The van der Waals surface area contributed by atoms with Crippen molar-refractivity contribution < 1.29 is 13.9 Å². The van der Waals surface area contributed by atoms with Crippen LogP contribution < -0.4 is 0 Å². The summed E-state index contributed by atoms with van der Waals surface area (Å²) in [4.78, 5) is 11.5. The summed E-state index contributed by atoms with van der Waals surface area (Å²) < 4.78 is 18.9. The lowest BCUT2D eigenvalue weighted by molar-refractivity contribution is -0.146. The van der Waals surface area contributed by atoms with Gasteiger partial charge in [0, 0.05) is 5.56 Å². The molecule has 0 atom stereocenters. The van der Waals surface area contributed by atoms with E-state index in [1.165, 1.54) is 13.2 Å². The van der Waals surface area contributed by atoms with Gasteiger partial charge in [0.05, 0.1) is 24.5 Å². The molecule has 2 rings (SSSR count). The number of benzene rings is 1. The molecule has 1 fully saturated rings. The van der Waals surface area contributed by atoms with E-state index in [1.54, 1.807) is 6.07 Å². The fourth-order valence-electron chi connectivity index (χ4n) is 2.96. The molecule has 3 nitrogen and oxygen atoms in total. The van der Waals surface area contributed by atoms with Crippen molar-refractivity contribution in [1.82, 2.24) is 0 Å². The van der Waals surface area contributed by atoms with Gasteiger partial charge in [0.2, 0.25) is 0 Å². The molecule has 0 bridgehead atoms. The van der Waals surface area contributed by atoms with Crippen molar-refractivity contribution in [2.75, 3.05) is 7.11 Å². The lowest BCUT2D eigenvalue weighted by Gasteiger charge is -2.34. The van der Waals surface area contributed by atoms with Crippen LogP contribution in [0.5, 0.6) is 0 Å². The van der Waals surface area contributed by atoms with Gasteiger partial charge in [-0.05, 0) is 44.2 Å². The van der Waals surface area contributed by atoms with Crippen molar-refractivity contribution >= 4 is 5.97 Å². The standard InChI is InChI=1S/C16H18FNO2/c1-11-3-4-13(14(17)9-11)16(10-18)7-5-12(6-8-16)15(19)20-2/h3-4,9,12H,5-8H2,1-2H3. The highest BCUT2D eigenvalue weighted by molar-refractivity contribution is 5.72. The molecule has 0 saturated heterocycles. The lowest BCUT2D eigenvalue weighted by Crippen LogP contribution is -2.34. The van der Waals surface area contributed by atoms with Crippen molar-refractivity contribution in [2.24, 2.45) is 5.92 Å². The summed E-state index contributed by atoms with van der Waals surface area (Å²) in [6, 6.07) is 7.26. The third-order valence-electron chi connectivity index (χ3n) is 4.23. The highest BCUT2D eigenvalue weighted by Crippen LogP contribution is 2.42. The molecule has 1 aromatic rings. The van der Waals surface area contributed by atoms with Crippen molar-refractivity contribution in [3.05, 3.63) is 35.1 Å². The Labute approximate surface area is 118 Å². The maximum Gasteiger partial charge on any atom is 0.308 e. The van der Waals surface area contributed by atoms with Crippen LogP contribution in [0.3, 0.4) is 0 Å². The fourth-order valence-corrected chi connectivity index (χ4v) is 2.96. The fraction of sp³-hybridized carbons (Fsp3) is 0.500. The number of ether oxygens (including phenoxy) is 1. The number of methoxy groups -OCH3 is 1. The van der Waals surface area contributed by atoms with E-state index in [1.807, 2.05) is 13.0 Å². The Hall–Kier alpha value is -1.89. The summed E-state index contributed by atoms with van der Waals surface area (Å²) in [6.07, 6.45) is 2.10. The minimum atomic E-state index is -0.817. The molecule has 1 aromatic carbocycles. The van der Waals surface area contributed by atoms with Crippen LogP contribution in [0.1, 0.15) is 36.8 Å². The second-order valence-corrected chi connectivity index (χ2v) is 5.47. The molecule has 0 heterocycles. The van der Waals surface area contributed by atoms with E-state index in [9.17, 15) is 14.4 Å². The molecule has 0 N–H and O–H groups in total. The van der Waals surface area contributed by atoms with E-state index in [0.717, 1.165) is 5.56 Å². The van der Waals surface area contributed by atoms with Gasteiger partial charge in [-0.3, -0.25) is 4.79 Å². The molecule has 106 valence electrons. The topological polar surface area (TPSA) is 50.1 Å². The first-order valence-electron chi connectivity index (χ1n) is 6.78. The first-order valence-corrected chi connectivity index (χ1v) is 6.78. The van der Waals surface area contributed by atoms with Crippen LogP contribution in [0.2, 0.25) is 0 Å².